The van der Waals surface area contributed by atoms with E-state index in [0.29, 0.717) is 6.04 Å². The van der Waals surface area contributed by atoms with Crippen LogP contribution in [0.3, 0.4) is 0 Å². The van der Waals surface area contributed by atoms with Gasteiger partial charge in [-0.3, -0.25) is 4.90 Å². The molecule has 0 bridgehead atoms. The summed E-state index contributed by atoms with van der Waals surface area (Å²) in [6, 6.07) is 9.13. The molecule has 2 fully saturated rings. The highest BCUT2D eigenvalue weighted by molar-refractivity contribution is 9.10. The molecule has 1 saturated carbocycles. The second-order valence-corrected chi connectivity index (χ2v) is 6.75. The van der Waals surface area contributed by atoms with E-state index in [1.807, 2.05) is 0 Å². The van der Waals surface area contributed by atoms with Gasteiger partial charge in [-0.05, 0) is 42.4 Å². The minimum atomic E-state index is 0.443. The molecule has 2 nitrogen and oxygen atoms in total. The Balaban J connectivity index is 1.63. The van der Waals surface area contributed by atoms with E-state index in [1.165, 1.54) is 37.9 Å². The molecule has 18 heavy (non-hydrogen) atoms. The average Bonchev–Trinajstić information content (AvgIpc) is 2.76. The van der Waals surface area contributed by atoms with Crippen LogP contribution >= 0.6 is 15.9 Å². The van der Waals surface area contributed by atoms with Gasteiger partial charge >= 0.3 is 0 Å². The molecule has 3 atom stereocenters. The monoisotopic (exact) mass is 308 g/mol. The average molecular weight is 309 g/mol. The van der Waals surface area contributed by atoms with Crippen LogP contribution in [0.15, 0.2) is 28.7 Å². The van der Waals surface area contributed by atoms with Crippen molar-refractivity contribution in [2.45, 2.75) is 31.8 Å². The van der Waals surface area contributed by atoms with Crippen LogP contribution in [0.1, 0.15) is 24.8 Å². The largest absolute Gasteiger partial charge is 0.327 e. The molecule has 1 aliphatic heterocycles. The van der Waals surface area contributed by atoms with Gasteiger partial charge in [0.25, 0.3) is 0 Å². The minimum Gasteiger partial charge on any atom is -0.327 e. The van der Waals surface area contributed by atoms with Gasteiger partial charge in [-0.1, -0.05) is 34.5 Å². The Labute approximate surface area is 118 Å². The van der Waals surface area contributed by atoms with Crippen molar-refractivity contribution in [3.63, 3.8) is 0 Å². The lowest BCUT2D eigenvalue weighted by atomic mass is 9.78. The lowest BCUT2D eigenvalue weighted by molar-refractivity contribution is 0.259. The Bertz CT molecular complexity index is 403. The van der Waals surface area contributed by atoms with E-state index >= 15 is 0 Å². The highest BCUT2D eigenvalue weighted by Crippen LogP contribution is 2.36. The zero-order valence-corrected chi connectivity index (χ0v) is 12.3. The molecule has 3 heteroatoms. The van der Waals surface area contributed by atoms with Gasteiger partial charge in [-0.25, -0.2) is 0 Å². The summed E-state index contributed by atoms with van der Waals surface area (Å²) in [6.45, 7) is 3.52. The SMILES string of the molecule is NC1CCCC2CN(Cc3ccc(Br)cc3)CC12. The zero-order chi connectivity index (χ0) is 12.5. The molecular weight excluding hydrogens is 288 g/mol. The maximum absolute atomic E-state index is 6.26. The standard InChI is InChI=1S/C15H21BrN2/c16-13-6-4-11(5-7-13)8-18-9-12-2-1-3-15(17)14(12)10-18/h4-7,12,14-15H,1-3,8-10,17H2. The molecule has 1 aliphatic carbocycles. The number of halogens is 1. The van der Waals surface area contributed by atoms with E-state index < -0.39 is 0 Å². The highest BCUT2D eigenvalue weighted by atomic mass is 79.9. The summed E-state index contributed by atoms with van der Waals surface area (Å²) in [5.41, 5.74) is 7.67. The maximum atomic E-state index is 6.26. The Morgan fingerprint density at radius 3 is 2.67 bits per heavy atom. The van der Waals surface area contributed by atoms with Crippen LogP contribution in [0.4, 0.5) is 0 Å². The van der Waals surface area contributed by atoms with Crippen LogP contribution in [0.2, 0.25) is 0 Å². The molecule has 3 unspecified atom stereocenters. The summed E-state index contributed by atoms with van der Waals surface area (Å²) in [4.78, 5) is 2.59. The molecule has 98 valence electrons. The third-order valence-corrected chi connectivity index (χ3v) is 5.08. The molecule has 0 aromatic heterocycles. The molecule has 2 N–H and O–H groups in total. The molecule has 1 aromatic carbocycles. The predicted molar refractivity (Wildman–Crippen MR) is 78.2 cm³/mol. The van der Waals surface area contributed by atoms with Crippen LogP contribution in [0.25, 0.3) is 0 Å². The first-order valence-corrected chi connectivity index (χ1v) is 7.74. The Morgan fingerprint density at radius 1 is 1.17 bits per heavy atom. The lowest BCUT2D eigenvalue weighted by Crippen LogP contribution is -2.38. The molecule has 0 amide bonds. The van der Waals surface area contributed by atoms with Crippen molar-refractivity contribution in [3.05, 3.63) is 34.3 Å². The summed E-state index contributed by atoms with van der Waals surface area (Å²) < 4.78 is 1.16. The maximum Gasteiger partial charge on any atom is 0.0233 e. The summed E-state index contributed by atoms with van der Waals surface area (Å²) in [7, 11) is 0. The number of benzene rings is 1. The van der Waals surface area contributed by atoms with Crippen LogP contribution in [-0.4, -0.2) is 24.0 Å². The Hall–Kier alpha value is -0.380. The van der Waals surface area contributed by atoms with E-state index in [0.717, 1.165) is 22.9 Å². The molecule has 0 spiro atoms. The fourth-order valence-corrected chi connectivity index (χ4v) is 3.85. The van der Waals surface area contributed by atoms with Gasteiger partial charge in [0.1, 0.15) is 0 Å². The first-order chi connectivity index (χ1) is 8.72. The molecule has 1 aromatic rings. The van der Waals surface area contributed by atoms with E-state index in [1.54, 1.807) is 0 Å². The highest BCUT2D eigenvalue weighted by Gasteiger charge is 2.38. The van der Waals surface area contributed by atoms with Gasteiger partial charge in [0.2, 0.25) is 0 Å². The first-order valence-electron chi connectivity index (χ1n) is 6.95. The number of rotatable bonds is 2. The van der Waals surface area contributed by atoms with E-state index in [4.69, 9.17) is 5.73 Å². The molecule has 1 heterocycles. The first kappa shape index (κ1) is 12.6. The number of nitrogens with zero attached hydrogens (tertiary/aromatic N) is 1. The number of fused-ring (bicyclic) bond motifs is 1. The quantitative estimate of drug-likeness (QED) is 0.910. The second-order valence-electron chi connectivity index (χ2n) is 5.84. The van der Waals surface area contributed by atoms with Crippen molar-refractivity contribution in [1.82, 2.24) is 4.90 Å². The van der Waals surface area contributed by atoms with Crippen LogP contribution < -0.4 is 5.73 Å². The van der Waals surface area contributed by atoms with Gasteiger partial charge in [0.15, 0.2) is 0 Å². The van der Waals surface area contributed by atoms with Gasteiger partial charge in [-0.15, -0.1) is 0 Å². The minimum absolute atomic E-state index is 0.443. The van der Waals surface area contributed by atoms with Gasteiger partial charge in [0.05, 0.1) is 0 Å². The third-order valence-electron chi connectivity index (χ3n) is 4.55. The lowest BCUT2D eigenvalue weighted by Gasteiger charge is -2.29. The molecule has 2 aliphatic rings. The van der Waals surface area contributed by atoms with Crippen molar-refractivity contribution < 1.29 is 0 Å². The smallest absolute Gasteiger partial charge is 0.0233 e. The molecule has 0 radical (unpaired) electrons. The summed E-state index contributed by atoms with van der Waals surface area (Å²) in [6.07, 6.45) is 3.94. The second kappa shape index (κ2) is 5.32. The van der Waals surface area contributed by atoms with Gasteiger partial charge in [0, 0.05) is 30.1 Å². The molecular formula is C15H21BrN2. The predicted octanol–water partition coefficient (Wildman–Crippen LogP) is 3.01. The summed E-state index contributed by atoms with van der Waals surface area (Å²) in [5, 5.41) is 0. The van der Waals surface area contributed by atoms with Crippen LogP contribution in [-0.2, 0) is 6.54 Å². The van der Waals surface area contributed by atoms with E-state index in [2.05, 4.69) is 45.1 Å². The van der Waals surface area contributed by atoms with Crippen molar-refractivity contribution >= 4 is 15.9 Å². The van der Waals surface area contributed by atoms with Crippen LogP contribution in [0.5, 0.6) is 0 Å². The van der Waals surface area contributed by atoms with E-state index in [-0.39, 0.29) is 0 Å². The van der Waals surface area contributed by atoms with Crippen LogP contribution in [0, 0.1) is 11.8 Å². The fraction of sp³-hybridized carbons (Fsp3) is 0.600. The van der Waals surface area contributed by atoms with Crippen molar-refractivity contribution in [2.24, 2.45) is 17.6 Å². The molecule has 3 rings (SSSR count). The number of likely N-dealkylation sites (tertiary alicyclic amines) is 1. The Kier molecular flexibility index (Phi) is 3.73. The van der Waals surface area contributed by atoms with Gasteiger partial charge in [-0.2, -0.15) is 0 Å². The summed E-state index contributed by atoms with van der Waals surface area (Å²) >= 11 is 3.49. The topological polar surface area (TPSA) is 29.3 Å². The van der Waals surface area contributed by atoms with Gasteiger partial charge < -0.3 is 5.73 Å². The number of nitrogens with two attached hydrogens (primary N) is 1. The van der Waals surface area contributed by atoms with Crippen molar-refractivity contribution in [2.75, 3.05) is 13.1 Å². The van der Waals surface area contributed by atoms with E-state index in [9.17, 15) is 0 Å². The number of hydrogen-bond acceptors (Lipinski definition) is 2. The third kappa shape index (κ3) is 2.63. The normalized spacial score (nSPS) is 32.4. The molecule has 1 saturated heterocycles. The fourth-order valence-electron chi connectivity index (χ4n) is 3.59. The number of hydrogen-bond donors (Lipinski definition) is 1. The zero-order valence-electron chi connectivity index (χ0n) is 10.7. The Morgan fingerprint density at radius 2 is 1.94 bits per heavy atom. The van der Waals surface area contributed by atoms with Crippen molar-refractivity contribution in [3.8, 4) is 0 Å². The van der Waals surface area contributed by atoms with Crippen molar-refractivity contribution in [1.29, 1.82) is 0 Å². The summed E-state index contributed by atoms with van der Waals surface area (Å²) in [5.74, 6) is 1.60.